The lowest BCUT2D eigenvalue weighted by Crippen LogP contribution is -2.12. The highest BCUT2D eigenvalue weighted by atomic mass is 79.9. The average molecular weight is 339 g/mol. The predicted octanol–water partition coefficient (Wildman–Crippen LogP) is 3.76. The molecule has 19 heavy (non-hydrogen) atoms. The minimum Gasteiger partial charge on any atom is -0.326 e. The second-order valence-electron chi connectivity index (χ2n) is 4.19. The summed E-state index contributed by atoms with van der Waals surface area (Å²) in [5.41, 5.74) is 2.03. The number of carbonyl (C=O) groups is 1. The summed E-state index contributed by atoms with van der Waals surface area (Å²) in [6.45, 7) is 3.19. The zero-order valence-electron chi connectivity index (χ0n) is 10.6. The maximum Gasteiger partial charge on any atom is 0.221 e. The largest absolute Gasteiger partial charge is 0.326 e. The Morgan fingerprint density at radius 1 is 1.16 bits per heavy atom. The molecule has 0 atom stereocenters. The van der Waals surface area contributed by atoms with E-state index >= 15 is 0 Å². The van der Waals surface area contributed by atoms with Crippen molar-refractivity contribution >= 4 is 38.9 Å². The van der Waals surface area contributed by atoms with Gasteiger partial charge in [-0.15, -0.1) is 11.3 Å². The smallest absolute Gasteiger partial charge is 0.221 e. The molecule has 5 heteroatoms. The molecule has 2 rings (SSSR count). The summed E-state index contributed by atoms with van der Waals surface area (Å²) in [4.78, 5) is 12.2. The normalized spacial score (nSPS) is 10.4. The van der Waals surface area contributed by atoms with E-state index in [1.807, 2.05) is 24.3 Å². The second-order valence-corrected chi connectivity index (χ2v) is 6.74. The Bertz CT molecular complexity index is 551. The Morgan fingerprint density at radius 3 is 2.47 bits per heavy atom. The molecule has 0 aliphatic carbocycles. The van der Waals surface area contributed by atoms with Crippen LogP contribution >= 0.6 is 27.3 Å². The number of carbonyl (C=O) groups excluding carboxylic acids is 1. The lowest BCUT2D eigenvalue weighted by molar-refractivity contribution is -0.114. The molecule has 0 saturated carbocycles. The Hall–Kier alpha value is -1.17. The Morgan fingerprint density at radius 2 is 1.89 bits per heavy atom. The van der Waals surface area contributed by atoms with Crippen molar-refractivity contribution < 1.29 is 4.79 Å². The van der Waals surface area contributed by atoms with Gasteiger partial charge < -0.3 is 10.6 Å². The highest BCUT2D eigenvalue weighted by molar-refractivity contribution is 9.11. The highest BCUT2D eigenvalue weighted by Crippen LogP contribution is 2.21. The van der Waals surface area contributed by atoms with E-state index in [9.17, 15) is 4.79 Å². The minimum atomic E-state index is -0.0471. The summed E-state index contributed by atoms with van der Waals surface area (Å²) in [6, 6.07) is 12.0. The van der Waals surface area contributed by atoms with E-state index in [0.29, 0.717) is 0 Å². The summed E-state index contributed by atoms with van der Waals surface area (Å²) in [5, 5.41) is 6.15. The van der Waals surface area contributed by atoms with Crippen molar-refractivity contribution in [1.29, 1.82) is 0 Å². The fourth-order valence-electron chi connectivity index (χ4n) is 1.69. The zero-order chi connectivity index (χ0) is 13.7. The van der Waals surface area contributed by atoms with Crippen LogP contribution in [0, 0.1) is 0 Å². The van der Waals surface area contributed by atoms with Gasteiger partial charge in [0.25, 0.3) is 0 Å². The molecule has 100 valence electrons. The van der Waals surface area contributed by atoms with Gasteiger partial charge in [0.2, 0.25) is 5.91 Å². The van der Waals surface area contributed by atoms with Crippen LogP contribution in [0.4, 0.5) is 5.69 Å². The van der Waals surface area contributed by atoms with Crippen LogP contribution in [0.3, 0.4) is 0 Å². The van der Waals surface area contributed by atoms with E-state index in [1.54, 1.807) is 11.3 Å². The van der Waals surface area contributed by atoms with Gasteiger partial charge in [-0.05, 0) is 45.8 Å². The maximum absolute atomic E-state index is 10.9. The van der Waals surface area contributed by atoms with Crippen LogP contribution in [-0.2, 0) is 17.9 Å². The Labute approximate surface area is 125 Å². The molecule has 2 N–H and O–H groups in total. The molecule has 1 amide bonds. The Kier molecular flexibility index (Phi) is 5.13. The minimum absolute atomic E-state index is 0.0471. The van der Waals surface area contributed by atoms with Crippen molar-refractivity contribution in [3.8, 4) is 0 Å². The molecular weight excluding hydrogens is 324 g/mol. The van der Waals surface area contributed by atoms with E-state index in [1.165, 1.54) is 17.4 Å². The quantitative estimate of drug-likeness (QED) is 0.871. The van der Waals surface area contributed by atoms with Crippen molar-refractivity contribution in [3.05, 3.63) is 50.6 Å². The monoisotopic (exact) mass is 338 g/mol. The first kappa shape index (κ1) is 14.2. The van der Waals surface area contributed by atoms with E-state index in [-0.39, 0.29) is 5.91 Å². The van der Waals surface area contributed by atoms with Gasteiger partial charge in [0.1, 0.15) is 0 Å². The predicted molar refractivity (Wildman–Crippen MR) is 83.3 cm³/mol. The third-order valence-electron chi connectivity index (χ3n) is 2.53. The molecule has 0 aliphatic rings. The first-order valence-electron chi connectivity index (χ1n) is 5.95. The van der Waals surface area contributed by atoms with Gasteiger partial charge >= 0.3 is 0 Å². The number of anilines is 1. The average Bonchev–Trinajstić information content (AvgIpc) is 2.77. The first-order valence-corrected chi connectivity index (χ1v) is 7.56. The molecule has 1 aromatic heterocycles. The standard InChI is InChI=1S/C14H15BrN2OS/c1-10(18)17-12-4-2-11(3-5-12)8-16-9-13-6-7-14(15)19-13/h2-7,16H,8-9H2,1H3,(H,17,18). The second kappa shape index (κ2) is 6.84. The fraction of sp³-hybridized carbons (Fsp3) is 0.214. The van der Waals surface area contributed by atoms with Crippen molar-refractivity contribution in [2.24, 2.45) is 0 Å². The van der Waals surface area contributed by atoms with Crippen molar-refractivity contribution in [3.63, 3.8) is 0 Å². The van der Waals surface area contributed by atoms with Crippen LogP contribution < -0.4 is 10.6 Å². The van der Waals surface area contributed by atoms with Crippen LogP contribution in [-0.4, -0.2) is 5.91 Å². The number of hydrogen-bond donors (Lipinski definition) is 2. The molecular formula is C14H15BrN2OS. The number of halogens is 1. The number of hydrogen-bond acceptors (Lipinski definition) is 3. The molecule has 0 unspecified atom stereocenters. The molecule has 0 radical (unpaired) electrons. The number of nitrogens with one attached hydrogen (secondary N) is 2. The van der Waals surface area contributed by atoms with Crippen LogP contribution in [0.1, 0.15) is 17.4 Å². The number of amides is 1. The van der Waals surface area contributed by atoms with E-state index in [4.69, 9.17) is 0 Å². The van der Waals surface area contributed by atoms with Gasteiger partial charge in [-0.2, -0.15) is 0 Å². The van der Waals surface area contributed by atoms with Gasteiger partial charge in [0.15, 0.2) is 0 Å². The lowest BCUT2D eigenvalue weighted by atomic mass is 10.2. The number of benzene rings is 1. The summed E-state index contributed by atoms with van der Waals surface area (Å²) >= 11 is 5.19. The lowest BCUT2D eigenvalue weighted by Gasteiger charge is -2.05. The zero-order valence-corrected chi connectivity index (χ0v) is 13.0. The summed E-state index contributed by atoms with van der Waals surface area (Å²) < 4.78 is 1.16. The summed E-state index contributed by atoms with van der Waals surface area (Å²) in [7, 11) is 0. The molecule has 3 nitrogen and oxygen atoms in total. The Balaban J connectivity index is 1.81. The van der Waals surface area contributed by atoms with E-state index < -0.39 is 0 Å². The van der Waals surface area contributed by atoms with E-state index in [0.717, 1.165) is 22.6 Å². The summed E-state index contributed by atoms with van der Waals surface area (Å²) in [5.74, 6) is -0.0471. The number of thiophene rings is 1. The fourth-order valence-corrected chi connectivity index (χ4v) is 3.14. The SMILES string of the molecule is CC(=O)Nc1ccc(CNCc2ccc(Br)s2)cc1. The molecule has 0 aliphatic heterocycles. The van der Waals surface area contributed by atoms with Crippen molar-refractivity contribution in [2.45, 2.75) is 20.0 Å². The highest BCUT2D eigenvalue weighted by Gasteiger charge is 1.99. The van der Waals surface area contributed by atoms with Crippen molar-refractivity contribution in [1.82, 2.24) is 5.32 Å². The van der Waals surface area contributed by atoms with Crippen LogP contribution in [0.25, 0.3) is 0 Å². The molecule has 0 fully saturated rings. The molecule has 0 bridgehead atoms. The molecule has 1 aromatic carbocycles. The van der Waals surface area contributed by atoms with Gasteiger partial charge in [-0.1, -0.05) is 12.1 Å². The van der Waals surface area contributed by atoms with Gasteiger partial charge in [-0.3, -0.25) is 4.79 Å². The molecule has 0 saturated heterocycles. The molecule has 2 aromatic rings. The van der Waals surface area contributed by atoms with Gasteiger partial charge in [0, 0.05) is 30.6 Å². The molecule has 1 heterocycles. The first-order chi connectivity index (χ1) is 9.13. The van der Waals surface area contributed by atoms with Gasteiger partial charge in [0.05, 0.1) is 3.79 Å². The topological polar surface area (TPSA) is 41.1 Å². The number of rotatable bonds is 5. The third kappa shape index (κ3) is 4.78. The third-order valence-corrected chi connectivity index (χ3v) is 4.16. The van der Waals surface area contributed by atoms with Crippen LogP contribution in [0.15, 0.2) is 40.2 Å². The summed E-state index contributed by atoms with van der Waals surface area (Å²) in [6.07, 6.45) is 0. The van der Waals surface area contributed by atoms with Crippen LogP contribution in [0.5, 0.6) is 0 Å². The maximum atomic E-state index is 10.9. The van der Waals surface area contributed by atoms with Crippen LogP contribution in [0.2, 0.25) is 0 Å². The van der Waals surface area contributed by atoms with E-state index in [2.05, 4.69) is 38.7 Å². The van der Waals surface area contributed by atoms with Crippen molar-refractivity contribution in [2.75, 3.05) is 5.32 Å². The molecule has 0 spiro atoms. The van der Waals surface area contributed by atoms with Gasteiger partial charge in [-0.25, -0.2) is 0 Å².